The van der Waals surface area contributed by atoms with Crippen molar-refractivity contribution in [1.29, 1.82) is 0 Å². The van der Waals surface area contributed by atoms with Gasteiger partial charge in [-0.25, -0.2) is 4.98 Å². The number of nitrogens with zero attached hydrogens (tertiary/aromatic N) is 1. The Morgan fingerprint density at radius 3 is 2.89 bits per heavy atom. The fourth-order valence-corrected chi connectivity index (χ4v) is 1.93. The van der Waals surface area contributed by atoms with E-state index in [2.05, 4.69) is 22.5 Å². The summed E-state index contributed by atoms with van der Waals surface area (Å²) in [5, 5.41) is 7.40. The minimum atomic E-state index is 0.767. The molecule has 2 N–H and O–H groups in total. The maximum Gasteiger partial charge on any atom is 0.127 e. The van der Waals surface area contributed by atoms with Crippen LogP contribution in [0.1, 0.15) is 18.9 Å². The zero-order valence-electron chi connectivity index (χ0n) is 11.2. The zero-order chi connectivity index (χ0) is 13.7. The molecule has 0 unspecified atom stereocenters. The molecule has 0 radical (unpaired) electrons. The zero-order valence-corrected chi connectivity index (χ0v) is 12.0. The van der Waals surface area contributed by atoms with Gasteiger partial charge >= 0.3 is 0 Å². The molecule has 1 aromatic heterocycles. The van der Waals surface area contributed by atoms with Gasteiger partial charge in [-0.1, -0.05) is 24.6 Å². The number of rotatable bonds is 5. The molecular weight excluding hydrogens is 258 g/mol. The second kappa shape index (κ2) is 6.43. The SMILES string of the molecule is CCCNc1cc(Nc2cccc(Cl)c2C)ccn1. The average molecular weight is 276 g/mol. The van der Waals surface area contributed by atoms with Gasteiger partial charge in [-0.15, -0.1) is 0 Å². The van der Waals surface area contributed by atoms with Crippen molar-refractivity contribution in [3.05, 3.63) is 47.1 Å². The van der Waals surface area contributed by atoms with Gasteiger partial charge in [-0.05, 0) is 37.1 Å². The fourth-order valence-electron chi connectivity index (χ4n) is 1.76. The molecule has 0 aliphatic heterocycles. The Morgan fingerprint density at radius 1 is 1.26 bits per heavy atom. The summed E-state index contributed by atoms with van der Waals surface area (Å²) < 4.78 is 0. The van der Waals surface area contributed by atoms with Crippen LogP contribution in [0.25, 0.3) is 0 Å². The second-order valence-corrected chi connectivity index (χ2v) is 4.80. The molecule has 0 spiro atoms. The first kappa shape index (κ1) is 13.7. The number of pyridine rings is 1. The van der Waals surface area contributed by atoms with Crippen LogP contribution in [0, 0.1) is 6.92 Å². The number of benzene rings is 1. The molecule has 3 nitrogen and oxygen atoms in total. The van der Waals surface area contributed by atoms with E-state index in [9.17, 15) is 0 Å². The number of aromatic nitrogens is 1. The minimum absolute atomic E-state index is 0.767. The van der Waals surface area contributed by atoms with Crippen LogP contribution in [0.3, 0.4) is 0 Å². The molecule has 1 heterocycles. The average Bonchev–Trinajstić information content (AvgIpc) is 2.42. The summed E-state index contributed by atoms with van der Waals surface area (Å²) in [5.41, 5.74) is 3.06. The van der Waals surface area contributed by atoms with Crippen LogP contribution in [0.15, 0.2) is 36.5 Å². The summed E-state index contributed by atoms with van der Waals surface area (Å²) in [6.07, 6.45) is 2.87. The number of hydrogen-bond donors (Lipinski definition) is 2. The Kier molecular flexibility index (Phi) is 4.63. The third kappa shape index (κ3) is 3.61. The van der Waals surface area contributed by atoms with Crippen LogP contribution in [0.4, 0.5) is 17.2 Å². The molecular formula is C15H18ClN3. The van der Waals surface area contributed by atoms with Gasteiger partial charge in [0, 0.05) is 35.2 Å². The van der Waals surface area contributed by atoms with E-state index in [-0.39, 0.29) is 0 Å². The molecule has 4 heteroatoms. The smallest absolute Gasteiger partial charge is 0.127 e. The molecule has 19 heavy (non-hydrogen) atoms. The Morgan fingerprint density at radius 2 is 2.11 bits per heavy atom. The molecule has 0 saturated carbocycles. The molecule has 2 rings (SSSR count). The minimum Gasteiger partial charge on any atom is -0.370 e. The van der Waals surface area contributed by atoms with Gasteiger partial charge in [0.1, 0.15) is 5.82 Å². The molecule has 0 aliphatic rings. The fraction of sp³-hybridized carbons (Fsp3) is 0.267. The van der Waals surface area contributed by atoms with Gasteiger partial charge in [0.2, 0.25) is 0 Å². The highest BCUT2D eigenvalue weighted by molar-refractivity contribution is 6.31. The van der Waals surface area contributed by atoms with Crippen LogP contribution in [0.5, 0.6) is 0 Å². The lowest BCUT2D eigenvalue weighted by molar-refractivity contribution is 0.969. The topological polar surface area (TPSA) is 37.0 Å². The van der Waals surface area contributed by atoms with Crippen molar-refractivity contribution in [3.8, 4) is 0 Å². The van der Waals surface area contributed by atoms with E-state index in [1.807, 2.05) is 37.3 Å². The van der Waals surface area contributed by atoms with Crippen LogP contribution < -0.4 is 10.6 Å². The van der Waals surface area contributed by atoms with E-state index in [0.29, 0.717) is 0 Å². The lowest BCUT2D eigenvalue weighted by Crippen LogP contribution is -2.02. The predicted molar refractivity (Wildman–Crippen MR) is 82.5 cm³/mol. The Hall–Kier alpha value is -1.74. The lowest BCUT2D eigenvalue weighted by Gasteiger charge is -2.12. The van der Waals surface area contributed by atoms with Crippen molar-refractivity contribution in [1.82, 2.24) is 4.98 Å². The maximum absolute atomic E-state index is 6.12. The first-order chi connectivity index (χ1) is 9.20. The number of nitrogens with one attached hydrogen (secondary N) is 2. The van der Waals surface area contributed by atoms with Crippen molar-refractivity contribution < 1.29 is 0 Å². The number of halogens is 1. The largest absolute Gasteiger partial charge is 0.370 e. The highest BCUT2D eigenvalue weighted by Gasteiger charge is 2.03. The maximum atomic E-state index is 6.12. The van der Waals surface area contributed by atoms with E-state index in [0.717, 1.165) is 40.7 Å². The van der Waals surface area contributed by atoms with Crippen LogP contribution in [0.2, 0.25) is 5.02 Å². The molecule has 0 atom stereocenters. The molecule has 1 aromatic carbocycles. The van der Waals surface area contributed by atoms with E-state index >= 15 is 0 Å². The third-order valence-electron chi connectivity index (χ3n) is 2.86. The van der Waals surface area contributed by atoms with Crippen LogP contribution in [-0.4, -0.2) is 11.5 Å². The summed E-state index contributed by atoms with van der Waals surface area (Å²) in [4.78, 5) is 4.28. The summed E-state index contributed by atoms with van der Waals surface area (Å²) >= 11 is 6.12. The van der Waals surface area contributed by atoms with Gasteiger partial charge in [-0.3, -0.25) is 0 Å². The lowest BCUT2D eigenvalue weighted by atomic mass is 10.2. The van der Waals surface area contributed by atoms with Crippen molar-refractivity contribution in [3.63, 3.8) is 0 Å². The highest BCUT2D eigenvalue weighted by atomic mass is 35.5. The van der Waals surface area contributed by atoms with Crippen LogP contribution in [-0.2, 0) is 0 Å². The number of hydrogen-bond acceptors (Lipinski definition) is 3. The van der Waals surface area contributed by atoms with Gasteiger partial charge < -0.3 is 10.6 Å². The normalized spacial score (nSPS) is 10.3. The molecule has 0 saturated heterocycles. The summed E-state index contributed by atoms with van der Waals surface area (Å²) in [5.74, 6) is 0.881. The first-order valence-corrected chi connectivity index (χ1v) is 6.80. The van der Waals surface area contributed by atoms with Gasteiger partial charge in [0.05, 0.1) is 0 Å². The first-order valence-electron chi connectivity index (χ1n) is 6.42. The monoisotopic (exact) mass is 275 g/mol. The molecule has 100 valence electrons. The second-order valence-electron chi connectivity index (χ2n) is 4.39. The van der Waals surface area contributed by atoms with E-state index < -0.39 is 0 Å². The van der Waals surface area contributed by atoms with Crippen molar-refractivity contribution in [2.45, 2.75) is 20.3 Å². The highest BCUT2D eigenvalue weighted by Crippen LogP contribution is 2.26. The van der Waals surface area contributed by atoms with Gasteiger partial charge in [0.25, 0.3) is 0 Å². The summed E-state index contributed by atoms with van der Waals surface area (Å²) in [6, 6.07) is 9.78. The van der Waals surface area contributed by atoms with E-state index in [1.54, 1.807) is 6.20 Å². The van der Waals surface area contributed by atoms with E-state index in [4.69, 9.17) is 11.6 Å². The standard InChI is InChI=1S/C15H18ClN3/c1-3-8-17-15-10-12(7-9-18-15)19-14-6-4-5-13(16)11(14)2/h4-7,9-10H,3,8H2,1-2H3,(H2,17,18,19). The van der Waals surface area contributed by atoms with Gasteiger partial charge in [-0.2, -0.15) is 0 Å². The summed E-state index contributed by atoms with van der Waals surface area (Å²) in [7, 11) is 0. The quantitative estimate of drug-likeness (QED) is 0.837. The van der Waals surface area contributed by atoms with Crippen LogP contribution >= 0.6 is 11.6 Å². The molecule has 0 fully saturated rings. The molecule has 0 aliphatic carbocycles. The van der Waals surface area contributed by atoms with Crippen molar-refractivity contribution >= 4 is 28.8 Å². The van der Waals surface area contributed by atoms with Crippen molar-refractivity contribution in [2.75, 3.05) is 17.2 Å². The summed E-state index contributed by atoms with van der Waals surface area (Å²) in [6.45, 7) is 5.05. The molecule has 0 amide bonds. The Balaban J connectivity index is 2.16. The van der Waals surface area contributed by atoms with Gasteiger partial charge in [0.15, 0.2) is 0 Å². The number of anilines is 3. The van der Waals surface area contributed by atoms with Crippen molar-refractivity contribution in [2.24, 2.45) is 0 Å². The molecule has 0 bridgehead atoms. The molecule has 2 aromatic rings. The third-order valence-corrected chi connectivity index (χ3v) is 3.27. The predicted octanol–water partition coefficient (Wildman–Crippen LogP) is 4.61. The Bertz CT molecular complexity index is 555. The Labute approximate surface area is 119 Å². The van der Waals surface area contributed by atoms with E-state index in [1.165, 1.54) is 0 Å².